The van der Waals surface area contributed by atoms with Crippen LogP contribution in [-0.4, -0.2) is 14.8 Å². The van der Waals surface area contributed by atoms with Crippen LogP contribution in [0, 0.1) is 13.8 Å². The van der Waals surface area contributed by atoms with Crippen LogP contribution in [0.15, 0.2) is 6.07 Å². The fourth-order valence-corrected chi connectivity index (χ4v) is 2.35. The number of halogens is 1. The average molecular weight is 257 g/mol. The minimum atomic E-state index is 0.459. The first kappa shape index (κ1) is 11.6. The molecular formula is C11H17BrN2. The molecule has 0 aliphatic rings. The molecule has 0 saturated heterocycles. The average Bonchev–Trinajstić information content (AvgIpc) is 2.02. The summed E-state index contributed by atoms with van der Waals surface area (Å²) in [4.78, 5) is 9.23. The van der Waals surface area contributed by atoms with E-state index in [1.807, 2.05) is 13.8 Å². The minimum absolute atomic E-state index is 0.459. The molecule has 2 unspecified atom stereocenters. The summed E-state index contributed by atoms with van der Waals surface area (Å²) in [7, 11) is 0. The van der Waals surface area contributed by atoms with Crippen LogP contribution < -0.4 is 0 Å². The fraction of sp³-hybridized carbons (Fsp3) is 0.636. The summed E-state index contributed by atoms with van der Waals surface area (Å²) in [6.07, 6.45) is 1.10. The molecule has 0 radical (unpaired) electrons. The topological polar surface area (TPSA) is 25.8 Å². The second-order valence-electron chi connectivity index (χ2n) is 3.67. The number of hydrogen-bond acceptors (Lipinski definition) is 2. The van der Waals surface area contributed by atoms with Crippen molar-refractivity contribution in [3.63, 3.8) is 0 Å². The lowest BCUT2D eigenvalue weighted by molar-refractivity contribution is 0.636. The Bertz CT molecular complexity index is 290. The minimum Gasteiger partial charge on any atom is -0.239 e. The highest BCUT2D eigenvalue weighted by molar-refractivity contribution is 9.09. The summed E-state index contributed by atoms with van der Waals surface area (Å²) in [5, 5.41) is 0. The second-order valence-corrected chi connectivity index (χ2v) is 5.12. The molecule has 0 bridgehead atoms. The highest BCUT2D eigenvalue weighted by atomic mass is 79.9. The van der Waals surface area contributed by atoms with Gasteiger partial charge in [0, 0.05) is 22.1 Å². The Balaban J connectivity index is 3.04. The van der Waals surface area contributed by atoms with Crippen molar-refractivity contribution in [1.82, 2.24) is 9.97 Å². The zero-order chi connectivity index (χ0) is 10.7. The third-order valence-corrected chi connectivity index (χ3v) is 3.00. The van der Waals surface area contributed by atoms with Crippen molar-refractivity contribution in [3.8, 4) is 0 Å². The molecular weight excluding hydrogens is 240 g/mol. The van der Waals surface area contributed by atoms with E-state index in [1.54, 1.807) is 0 Å². The van der Waals surface area contributed by atoms with Crippen molar-refractivity contribution in [2.75, 3.05) is 0 Å². The Morgan fingerprint density at radius 1 is 1.36 bits per heavy atom. The van der Waals surface area contributed by atoms with Crippen LogP contribution in [0.3, 0.4) is 0 Å². The first-order chi connectivity index (χ1) is 6.54. The monoisotopic (exact) mass is 256 g/mol. The molecule has 0 N–H and O–H groups in total. The van der Waals surface area contributed by atoms with Gasteiger partial charge in [0.25, 0.3) is 0 Å². The summed E-state index contributed by atoms with van der Waals surface area (Å²) in [6, 6.07) is 2.08. The Morgan fingerprint density at radius 3 is 2.43 bits per heavy atom. The lowest BCUT2D eigenvalue weighted by Gasteiger charge is -2.17. The van der Waals surface area contributed by atoms with E-state index in [-0.39, 0.29) is 0 Å². The van der Waals surface area contributed by atoms with Crippen LogP contribution in [0.5, 0.6) is 0 Å². The Morgan fingerprint density at radius 2 is 2.00 bits per heavy atom. The molecule has 0 aliphatic heterocycles. The SMILES string of the molecule is CCC(c1cc(C)nc(C)n1)C(C)Br. The molecule has 0 fully saturated rings. The molecule has 0 aliphatic carbocycles. The van der Waals surface area contributed by atoms with Crippen molar-refractivity contribution in [2.45, 2.75) is 44.9 Å². The van der Waals surface area contributed by atoms with E-state index < -0.39 is 0 Å². The summed E-state index contributed by atoms with van der Waals surface area (Å²) < 4.78 is 0. The van der Waals surface area contributed by atoms with E-state index in [9.17, 15) is 0 Å². The largest absolute Gasteiger partial charge is 0.239 e. The first-order valence-electron chi connectivity index (χ1n) is 5.00. The highest BCUT2D eigenvalue weighted by Gasteiger charge is 2.16. The van der Waals surface area contributed by atoms with Crippen LogP contribution in [0.4, 0.5) is 0 Å². The maximum Gasteiger partial charge on any atom is 0.125 e. The van der Waals surface area contributed by atoms with E-state index in [1.165, 1.54) is 0 Å². The number of hydrogen-bond donors (Lipinski definition) is 0. The van der Waals surface area contributed by atoms with Crippen LogP contribution in [0.2, 0.25) is 0 Å². The summed E-state index contributed by atoms with van der Waals surface area (Å²) in [6.45, 7) is 8.32. The highest BCUT2D eigenvalue weighted by Crippen LogP contribution is 2.26. The van der Waals surface area contributed by atoms with Gasteiger partial charge in [0.1, 0.15) is 5.82 Å². The molecule has 14 heavy (non-hydrogen) atoms. The summed E-state index contributed by atoms with van der Waals surface area (Å²) >= 11 is 3.63. The second kappa shape index (κ2) is 4.87. The molecule has 1 aromatic rings. The van der Waals surface area contributed by atoms with Crippen molar-refractivity contribution in [3.05, 3.63) is 23.3 Å². The normalized spacial score (nSPS) is 15.2. The lowest BCUT2D eigenvalue weighted by Crippen LogP contribution is -2.11. The predicted octanol–water partition coefficient (Wildman–Crippen LogP) is 3.37. The van der Waals surface area contributed by atoms with Gasteiger partial charge in [-0.25, -0.2) is 9.97 Å². The number of alkyl halides is 1. The molecule has 0 spiro atoms. The molecule has 0 amide bonds. The number of rotatable bonds is 3. The standard InChI is InChI=1S/C11H17BrN2/c1-5-10(8(3)12)11-6-7(2)13-9(4)14-11/h6,8,10H,5H2,1-4H3. The fourth-order valence-electron chi connectivity index (χ4n) is 1.70. The van der Waals surface area contributed by atoms with E-state index in [4.69, 9.17) is 0 Å². The van der Waals surface area contributed by atoms with Crippen LogP contribution >= 0.6 is 15.9 Å². The Labute approximate surface area is 94.3 Å². The van der Waals surface area contributed by atoms with Gasteiger partial charge in [-0.2, -0.15) is 0 Å². The Kier molecular flexibility index (Phi) is 4.05. The predicted molar refractivity (Wildman–Crippen MR) is 62.9 cm³/mol. The quantitative estimate of drug-likeness (QED) is 0.776. The number of aryl methyl sites for hydroxylation is 2. The molecule has 0 saturated carbocycles. The van der Waals surface area contributed by atoms with Gasteiger partial charge >= 0.3 is 0 Å². The molecule has 1 aromatic heterocycles. The van der Waals surface area contributed by atoms with E-state index >= 15 is 0 Å². The van der Waals surface area contributed by atoms with Crippen LogP contribution in [-0.2, 0) is 0 Å². The smallest absolute Gasteiger partial charge is 0.125 e. The lowest BCUT2D eigenvalue weighted by atomic mass is 9.98. The number of aromatic nitrogens is 2. The van der Waals surface area contributed by atoms with Crippen LogP contribution in [0.25, 0.3) is 0 Å². The maximum atomic E-state index is 4.49. The van der Waals surface area contributed by atoms with Crippen molar-refractivity contribution >= 4 is 15.9 Å². The third kappa shape index (κ3) is 2.77. The maximum absolute atomic E-state index is 4.49. The van der Waals surface area contributed by atoms with Crippen molar-refractivity contribution in [2.24, 2.45) is 0 Å². The molecule has 2 atom stereocenters. The van der Waals surface area contributed by atoms with Crippen molar-refractivity contribution in [1.29, 1.82) is 0 Å². The zero-order valence-corrected chi connectivity index (χ0v) is 10.8. The summed E-state index contributed by atoms with van der Waals surface area (Å²) in [5.74, 6) is 1.35. The molecule has 78 valence electrons. The van der Waals surface area contributed by atoms with Gasteiger partial charge in [-0.15, -0.1) is 0 Å². The Hall–Kier alpha value is -0.440. The van der Waals surface area contributed by atoms with Gasteiger partial charge in [0.2, 0.25) is 0 Å². The van der Waals surface area contributed by atoms with E-state index in [2.05, 4.69) is 45.8 Å². The van der Waals surface area contributed by atoms with Gasteiger partial charge in [0.05, 0.1) is 0 Å². The van der Waals surface area contributed by atoms with Gasteiger partial charge in [-0.1, -0.05) is 29.8 Å². The zero-order valence-electron chi connectivity index (χ0n) is 9.21. The first-order valence-corrected chi connectivity index (χ1v) is 5.92. The third-order valence-electron chi connectivity index (χ3n) is 2.36. The summed E-state index contributed by atoms with van der Waals surface area (Å²) in [5.41, 5.74) is 2.21. The van der Waals surface area contributed by atoms with E-state index in [0.29, 0.717) is 10.7 Å². The van der Waals surface area contributed by atoms with Gasteiger partial charge in [-0.3, -0.25) is 0 Å². The molecule has 3 heteroatoms. The number of nitrogens with zero attached hydrogens (tertiary/aromatic N) is 2. The van der Waals surface area contributed by atoms with Crippen LogP contribution in [0.1, 0.15) is 43.4 Å². The molecule has 0 aromatic carbocycles. The molecule has 1 heterocycles. The molecule has 1 rings (SSSR count). The van der Waals surface area contributed by atoms with E-state index in [0.717, 1.165) is 23.6 Å². The molecule has 2 nitrogen and oxygen atoms in total. The van der Waals surface area contributed by atoms with Gasteiger partial charge in [0.15, 0.2) is 0 Å². The van der Waals surface area contributed by atoms with Crippen molar-refractivity contribution < 1.29 is 0 Å². The van der Waals surface area contributed by atoms with Gasteiger partial charge in [-0.05, 0) is 26.3 Å². The van der Waals surface area contributed by atoms with Gasteiger partial charge < -0.3 is 0 Å².